The van der Waals surface area contributed by atoms with Gasteiger partial charge in [-0.25, -0.2) is 4.79 Å². The standard InChI is InChI=1S/C14H19NO4/c1-5-14(6-2,13(18)19)15-9(3)7-8-11(10(4)16)12(15)17/h7-8H,5-6H2,1-4H3,(H,18,19). The van der Waals surface area contributed by atoms with Gasteiger partial charge in [-0.1, -0.05) is 13.8 Å². The molecule has 0 saturated heterocycles. The van der Waals surface area contributed by atoms with Gasteiger partial charge in [-0.3, -0.25) is 14.2 Å². The number of hydrogen-bond acceptors (Lipinski definition) is 3. The van der Waals surface area contributed by atoms with Crippen LogP contribution in [0.1, 0.15) is 49.7 Å². The van der Waals surface area contributed by atoms with Crippen LogP contribution in [0.25, 0.3) is 0 Å². The lowest BCUT2D eigenvalue weighted by Gasteiger charge is -2.31. The maximum Gasteiger partial charge on any atom is 0.329 e. The van der Waals surface area contributed by atoms with Gasteiger partial charge in [0.05, 0.1) is 5.56 Å². The maximum atomic E-state index is 12.4. The van der Waals surface area contributed by atoms with Gasteiger partial charge in [0.1, 0.15) is 5.54 Å². The third-order valence-electron chi connectivity index (χ3n) is 3.65. The SMILES string of the molecule is CCC(CC)(C(=O)O)n1c(C)ccc(C(C)=O)c1=O. The zero-order valence-corrected chi connectivity index (χ0v) is 11.7. The molecule has 1 aromatic rings. The molecule has 0 atom stereocenters. The molecule has 1 heterocycles. The Morgan fingerprint density at radius 2 is 1.79 bits per heavy atom. The van der Waals surface area contributed by atoms with Crippen LogP contribution in [-0.2, 0) is 10.3 Å². The van der Waals surface area contributed by atoms with Crippen LogP contribution in [0, 0.1) is 6.92 Å². The fourth-order valence-electron chi connectivity index (χ4n) is 2.39. The Labute approximate surface area is 111 Å². The van der Waals surface area contributed by atoms with Crippen molar-refractivity contribution in [2.24, 2.45) is 0 Å². The summed E-state index contributed by atoms with van der Waals surface area (Å²) in [5.41, 5.74) is -1.26. The van der Waals surface area contributed by atoms with Crippen LogP contribution < -0.4 is 5.56 Å². The molecule has 0 aromatic carbocycles. The molecule has 1 N–H and O–H groups in total. The van der Waals surface area contributed by atoms with Crippen LogP contribution in [0.2, 0.25) is 0 Å². The van der Waals surface area contributed by atoms with E-state index in [1.165, 1.54) is 17.6 Å². The summed E-state index contributed by atoms with van der Waals surface area (Å²) in [5, 5.41) is 9.51. The van der Waals surface area contributed by atoms with Gasteiger partial charge in [0, 0.05) is 5.69 Å². The minimum Gasteiger partial charge on any atom is -0.479 e. The second-order valence-corrected chi connectivity index (χ2v) is 4.63. The van der Waals surface area contributed by atoms with Crippen LogP contribution in [0.3, 0.4) is 0 Å². The smallest absolute Gasteiger partial charge is 0.329 e. The van der Waals surface area contributed by atoms with Crippen molar-refractivity contribution in [1.29, 1.82) is 0 Å². The van der Waals surface area contributed by atoms with E-state index >= 15 is 0 Å². The van der Waals surface area contributed by atoms with Gasteiger partial charge in [0.25, 0.3) is 5.56 Å². The summed E-state index contributed by atoms with van der Waals surface area (Å²) in [5.74, 6) is -1.41. The first-order chi connectivity index (χ1) is 8.81. The second-order valence-electron chi connectivity index (χ2n) is 4.63. The first kappa shape index (κ1) is 15.1. The van der Waals surface area contributed by atoms with Crippen molar-refractivity contribution in [2.45, 2.75) is 46.1 Å². The number of carbonyl (C=O) groups is 2. The molecule has 0 aliphatic heterocycles. The highest BCUT2D eigenvalue weighted by Gasteiger charge is 2.39. The molecule has 1 aromatic heterocycles. The average molecular weight is 265 g/mol. The molecule has 0 aliphatic carbocycles. The molecule has 104 valence electrons. The molecule has 0 fully saturated rings. The Kier molecular flexibility index (Phi) is 4.29. The predicted molar refractivity (Wildman–Crippen MR) is 71.6 cm³/mol. The molecule has 0 amide bonds. The van der Waals surface area contributed by atoms with Crippen molar-refractivity contribution >= 4 is 11.8 Å². The van der Waals surface area contributed by atoms with Crippen LogP contribution in [0.5, 0.6) is 0 Å². The van der Waals surface area contributed by atoms with Gasteiger partial charge < -0.3 is 5.11 Å². The molecule has 0 aliphatic rings. The Bertz CT molecular complexity index is 567. The lowest BCUT2D eigenvalue weighted by atomic mass is 9.91. The molecule has 0 spiro atoms. The number of carbonyl (C=O) groups excluding carboxylic acids is 1. The lowest BCUT2D eigenvalue weighted by Crippen LogP contribution is -2.48. The van der Waals surface area contributed by atoms with E-state index in [9.17, 15) is 19.5 Å². The summed E-state index contributed by atoms with van der Waals surface area (Å²) in [7, 11) is 0. The molecular weight excluding hydrogens is 246 g/mol. The first-order valence-electron chi connectivity index (χ1n) is 6.29. The minimum atomic E-state index is -1.30. The number of ketones is 1. The number of pyridine rings is 1. The Balaban J connectivity index is 3.74. The maximum absolute atomic E-state index is 12.4. The van der Waals surface area contributed by atoms with Crippen LogP contribution in [0.4, 0.5) is 0 Å². The van der Waals surface area contributed by atoms with Gasteiger partial charge in [0.2, 0.25) is 0 Å². The van der Waals surface area contributed by atoms with E-state index in [4.69, 9.17) is 0 Å². The third kappa shape index (κ3) is 2.32. The van der Waals surface area contributed by atoms with Gasteiger partial charge in [-0.15, -0.1) is 0 Å². The normalized spacial score (nSPS) is 11.4. The van der Waals surface area contributed by atoms with E-state index in [2.05, 4.69) is 0 Å². The Morgan fingerprint density at radius 3 is 2.16 bits per heavy atom. The number of aromatic nitrogens is 1. The number of nitrogens with zero attached hydrogens (tertiary/aromatic N) is 1. The average Bonchev–Trinajstić information content (AvgIpc) is 2.33. The van der Waals surface area contributed by atoms with Crippen molar-refractivity contribution in [2.75, 3.05) is 0 Å². The highest BCUT2D eigenvalue weighted by molar-refractivity contribution is 5.93. The minimum absolute atomic E-state index is 0.0260. The van der Waals surface area contributed by atoms with E-state index in [1.54, 1.807) is 26.8 Å². The van der Waals surface area contributed by atoms with E-state index in [-0.39, 0.29) is 24.2 Å². The second kappa shape index (κ2) is 5.38. The quantitative estimate of drug-likeness (QED) is 0.826. The summed E-state index contributed by atoms with van der Waals surface area (Å²) < 4.78 is 1.24. The monoisotopic (exact) mass is 265 g/mol. The number of aryl methyl sites for hydroxylation is 1. The number of Topliss-reactive ketones (excluding diaryl/α,β-unsaturated/α-hetero) is 1. The topological polar surface area (TPSA) is 76.4 Å². The van der Waals surface area contributed by atoms with Crippen molar-refractivity contribution in [3.05, 3.63) is 33.7 Å². The molecule has 1 rings (SSSR count). The highest BCUT2D eigenvalue weighted by Crippen LogP contribution is 2.25. The van der Waals surface area contributed by atoms with Gasteiger partial charge in [-0.2, -0.15) is 0 Å². The largest absolute Gasteiger partial charge is 0.479 e. The van der Waals surface area contributed by atoms with E-state index < -0.39 is 17.1 Å². The molecule has 19 heavy (non-hydrogen) atoms. The zero-order valence-electron chi connectivity index (χ0n) is 11.7. The van der Waals surface area contributed by atoms with Crippen LogP contribution >= 0.6 is 0 Å². The molecule has 5 nitrogen and oxygen atoms in total. The van der Waals surface area contributed by atoms with Crippen molar-refractivity contribution < 1.29 is 14.7 Å². The molecular formula is C14H19NO4. The summed E-state index contributed by atoms with van der Waals surface area (Å²) in [6, 6.07) is 3.07. The summed E-state index contributed by atoms with van der Waals surface area (Å²) in [6.07, 6.45) is 0.557. The first-order valence-corrected chi connectivity index (χ1v) is 6.29. The number of aliphatic carboxylic acids is 1. The molecule has 5 heteroatoms. The summed E-state index contributed by atoms with van der Waals surface area (Å²) in [6.45, 7) is 6.43. The van der Waals surface area contributed by atoms with E-state index in [0.29, 0.717) is 5.69 Å². The number of carboxylic acid groups (broad SMARTS) is 1. The summed E-state index contributed by atoms with van der Waals surface area (Å²) >= 11 is 0. The zero-order chi connectivity index (χ0) is 14.8. The predicted octanol–water partition coefficient (Wildman–Crippen LogP) is 1.96. The number of hydrogen-bond donors (Lipinski definition) is 1. The van der Waals surface area contributed by atoms with Crippen molar-refractivity contribution in [3.63, 3.8) is 0 Å². The van der Waals surface area contributed by atoms with E-state index in [1.807, 2.05) is 0 Å². The molecule has 0 radical (unpaired) electrons. The van der Waals surface area contributed by atoms with Gasteiger partial charge in [-0.05, 0) is 38.8 Å². The van der Waals surface area contributed by atoms with Crippen LogP contribution in [0.15, 0.2) is 16.9 Å². The van der Waals surface area contributed by atoms with Crippen molar-refractivity contribution in [1.82, 2.24) is 4.57 Å². The Morgan fingerprint density at radius 1 is 1.26 bits per heavy atom. The van der Waals surface area contributed by atoms with Crippen molar-refractivity contribution in [3.8, 4) is 0 Å². The summed E-state index contributed by atoms with van der Waals surface area (Å²) in [4.78, 5) is 35.4. The lowest BCUT2D eigenvalue weighted by molar-refractivity contribution is -0.148. The van der Waals surface area contributed by atoms with E-state index in [0.717, 1.165) is 0 Å². The third-order valence-corrected chi connectivity index (χ3v) is 3.65. The number of carboxylic acids is 1. The van der Waals surface area contributed by atoms with Gasteiger partial charge in [0.15, 0.2) is 5.78 Å². The highest BCUT2D eigenvalue weighted by atomic mass is 16.4. The van der Waals surface area contributed by atoms with Gasteiger partial charge >= 0.3 is 5.97 Å². The fraction of sp³-hybridized carbons (Fsp3) is 0.500. The molecule has 0 saturated carbocycles. The fourth-order valence-corrected chi connectivity index (χ4v) is 2.39. The number of rotatable bonds is 5. The molecule has 0 bridgehead atoms. The van der Waals surface area contributed by atoms with Crippen LogP contribution in [-0.4, -0.2) is 21.4 Å². The molecule has 0 unspecified atom stereocenters. The Hall–Kier alpha value is -1.91.